The van der Waals surface area contributed by atoms with E-state index in [0.29, 0.717) is 37.1 Å². The molecule has 0 saturated heterocycles. The van der Waals surface area contributed by atoms with Crippen molar-refractivity contribution in [2.45, 2.75) is 112 Å². The summed E-state index contributed by atoms with van der Waals surface area (Å²) < 4.78 is 0. The SMILES string of the molecule is Cc1cc(C(C)C)cc2c1NC(=O)CC2.Cc1cc(C(C)C)cc2c1NC(=O)CC2.Cc1cc(C(C)C)cc2c1NC(=O)N(C)C2. The maximum absolute atomic E-state index is 11.5. The van der Waals surface area contributed by atoms with Crippen LogP contribution < -0.4 is 16.0 Å². The molecule has 0 saturated carbocycles. The van der Waals surface area contributed by atoms with Gasteiger partial charge in [-0.05, 0) is 101 Å². The lowest BCUT2D eigenvalue weighted by Gasteiger charge is -2.28. The second kappa shape index (κ2) is 14.5. The van der Waals surface area contributed by atoms with Crippen LogP contribution in [0.1, 0.15) is 122 Å². The lowest BCUT2D eigenvalue weighted by Crippen LogP contribution is -2.35. The third kappa shape index (κ3) is 8.17. The molecular formula is C39H52N4O3. The van der Waals surface area contributed by atoms with Gasteiger partial charge in [0.05, 0.1) is 5.69 Å². The van der Waals surface area contributed by atoms with Crippen molar-refractivity contribution in [3.63, 3.8) is 0 Å². The van der Waals surface area contributed by atoms with Crippen molar-refractivity contribution in [1.82, 2.24) is 4.90 Å². The summed E-state index contributed by atoms with van der Waals surface area (Å²) in [5, 5.41) is 8.84. The number of nitrogens with one attached hydrogen (secondary N) is 3. The molecule has 3 aliphatic rings. The number of hydrogen-bond donors (Lipinski definition) is 3. The topological polar surface area (TPSA) is 90.5 Å². The summed E-state index contributed by atoms with van der Waals surface area (Å²) in [7, 11) is 1.82. The maximum atomic E-state index is 11.5. The molecule has 4 amide bonds. The summed E-state index contributed by atoms with van der Waals surface area (Å²) in [6.45, 7) is 20.0. The first-order valence-electron chi connectivity index (χ1n) is 16.7. The van der Waals surface area contributed by atoms with Crippen LogP contribution in [0.3, 0.4) is 0 Å². The van der Waals surface area contributed by atoms with E-state index in [4.69, 9.17) is 0 Å². The minimum absolute atomic E-state index is 0.0205. The van der Waals surface area contributed by atoms with Crippen LogP contribution in [-0.2, 0) is 29.0 Å². The molecule has 0 bridgehead atoms. The van der Waals surface area contributed by atoms with Gasteiger partial charge >= 0.3 is 6.03 Å². The molecule has 0 atom stereocenters. The van der Waals surface area contributed by atoms with Gasteiger partial charge in [0.25, 0.3) is 0 Å². The Balaban J connectivity index is 0.000000157. The molecular weight excluding hydrogens is 572 g/mol. The number of carbonyl (C=O) groups excluding carboxylic acids is 3. The van der Waals surface area contributed by atoms with Crippen LogP contribution >= 0.6 is 0 Å². The first-order chi connectivity index (χ1) is 21.6. The van der Waals surface area contributed by atoms with E-state index in [2.05, 4.69) is 115 Å². The molecule has 0 aliphatic carbocycles. The van der Waals surface area contributed by atoms with Crippen molar-refractivity contribution in [1.29, 1.82) is 0 Å². The largest absolute Gasteiger partial charge is 0.326 e. The molecule has 3 aliphatic heterocycles. The van der Waals surface area contributed by atoms with Gasteiger partial charge < -0.3 is 20.9 Å². The van der Waals surface area contributed by atoms with E-state index >= 15 is 0 Å². The molecule has 7 nitrogen and oxygen atoms in total. The molecule has 0 unspecified atom stereocenters. The second-order valence-corrected chi connectivity index (χ2v) is 14.0. The minimum Gasteiger partial charge on any atom is -0.326 e. The molecule has 3 N–H and O–H groups in total. The smallest absolute Gasteiger partial charge is 0.321 e. The molecule has 6 rings (SSSR count). The minimum atomic E-state index is -0.0205. The van der Waals surface area contributed by atoms with Gasteiger partial charge in [-0.1, -0.05) is 77.9 Å². The number of benzene rings is 3. The van der Waals surface area contributed by atoms with Crippen molar-refractivity contribution in [2.75, 3.05) is 23.0 Å². The molecule has 46 heavy (non-hydrogen) atoms. The number of fused-ring (bicyclic) bond motifs is 3. The highest BCUT2D eigenvalue weighted by atomic mass is 16.2. The normalized spacial score (nSPS) is 15.1. The zero-order valence-electron chi connectivity index (χ0n) is 29.4. The number of nitrogens with zero attached hydrogens (tertiary/aromatic N) is 1. The standard InChI is InChI=1S/C13H18N2O.2C13H17NO/c1-8(2)10-5-9(3)12-11(6-10)7-15(4)13(16)14-12;2*1-8(2)11-6-9(3)13-10(7-11)4-5-12(15)14-13/h5-6,8H,7H2,1-4H3,(H,14,16);2*6-8H,4-5H2,1-3H3,(H,14,15). The monoisotopic (exact) mass is 624 g/mol. The Hall–Kier alpha value is -4.13. The van der Waals surface area contributed by atoms with Crippen LogP contribution in [0.15, 0.2) is 36.4 Å². The van der Waals surface area contributed by atoms with Crippen molar-refractivity contribution in [3.05, 3.63) is 86.5 Å². The van der Waals surface area contributed by atoms with E-state index in [1.165, 1.54) is 44.5 Å². The van der Waals surface area contributed by atoms with Crippen molar-refractivity contribution >= 4 is 34.9 Å². The molecule has 3 aromatic carbocycles. The summed E-state index contributed by atoms with van der Waals surface area (Å²) in [5.41, 5.74) is 14.4. The van der Waals surface area contributed by atoms with E-state index < -0.39 is 0 Å². The fourth-order valence-corrected chi connectivity index (χ4v) is 6.16. The second-order valence-electron chi connectivity index (χ2n) is 14.0. The first-order valence-corrected chi connectivity index (χ1v) is 16.7. The number of carbonyl (C=O) groups is 3. The van der Waals surface area contributed by atoms with Gasteiger partial charge in [0, 0.05) is 37.8 Å². The van der Waals surface area contributed by atoms with Gasteiger partial charge in [-0.25, -0.2) is 4.79 Å². The van der Waals surface area contributed by atoms with E-state index in [1.54, 1.807) is 4.90 Å². The summed E-state index contributed by atoms with van der Waals surface area (Å²) in [5.74, 6) is 1.90. The van der Waals surface area contributed by atoms with Crippen molar-refractivity contribution in [3.8, 4) is 0 Å². The molecule has 0 aromatic heterocycles. The molecule has 0 radical (unpaired) electrons. The molecule has 246 valence electrons. The number of aryl methyl sites for hydroxylation is 5. The Morgan fingerprint density at radius 2 is 0.870 bits per heavy atom. The summed E-state index contributed by atoms with van der Waals surface area (Å²) in [6.07, 6.45) is 2.99. The average Bonchev–Trinajstić information content (AvgIpc) is 2.99. The molecule has 0 fully saturated rings. The number of hydrogen-bond acceptors (Lipinski definition) is 3. The van der Waals surface area contributed by atoms with Crippen LogP contribution in [-0.4, -0.2) is 29.8 Å². The number of rotatable bonds is 3. The van der Waals surface area contributed by atoms with Crippen LogP contribution in [0.2, 0.25) is 0 Å². The number of anilines is 3. The molecule has 0 spiro atoms. The highest BCUT2D eigenvalue weighted by Crippen LogP contribution is 2.32. The quantitative estimate of drug-likeness (QED) is 0.271. The fourth-order valence-electron chi connectivity index (χ4n) is 6.16. The summed E-state index contributed by atoms with van der Waals surface area (Å²) in [6, 6.07) is 13.1. The molecule has 3 aromatic rings. The number of amides is 4. The number of urea groups is 1. The van der Waals surface area contributed by atoms with Crippen LogP contribution in [0.5, 0.6) is 0 Å². The summed E-state index contributed by atoms with van der Waals surface area (Å²) in [4.78, 5) is 35.8. The Morgan fingerprint density at radius 3 is 1.24 bits per heavy atom. The zero-order chi connectivity index (χ0) is 33.9. The fraction of sp³-hybridized carbons (Fsp3) is 0.462. The summed E-state index contributed by atoms with van der Waals surface area (Å²) >= 11 is 0. The highest BCUT2D eigenvalue weighted by molar-refractivity contribution is 5.95. The first kappa shape index (κ1) is 34.7. The van der Waals surface area contributed by atoms with E-state index in [0.717, 1.165) is 35.5 Å². The predicted molar refractivity (Wildman–Crippen MR) is 190 cm³/mol. The Morgan fingerprint density at radius 1 is 0.522 bits per heavy atom. The molecule has 7 heteroatoms. The van der Waals surface area contributed by atoms with Crippen LogP contribution in [0, 0.1) is 20.8 Å². The third-order valence-corrected chi connectivity index (χ3v) is 9.08. The van der Waals surface area contributed by atoms with Crippen molar-refractivity contribution < 1.29 is 14.4 Å². The Kier molecular flexibility index (Phi) is 11.0. The van der Waals surface area contributed by atoms with Crippen molar-refractivity contribution in [2.24, 2.45) is 0 Å². The van der Waals surface area contributed by atoms with Gasteiger partial charge in [-0.15, -0.1) is 0 Å². The average molecular weight is 625 g/mol. The lowest BCUT2D eigenvalue weighted by atomic mass is 9.92. The van der Waals surface area contributed by atoms with E-state index in [1.807, 2.05) is 7.05 Å². The van der Waals surface area contributed by atoms with Gasteiger partial charge in [-0.2, -0.15) is 0 Å². The van der Waals surface area contributed by atoms with Gasteiger partial charge in [-0.3, -0.25) is 9.59 Å². The van der Waals surface area contributed by atoms with Gasteiger partial charge in [0.15, 0.2) is 0 Å². The zero-order valence-corrected chi connectivity index (χ0v) is 29.4. The molecule has 3 heterocycles. The Bertz CT molecular complexity index is 1560. The van der Waals surface area contributed by atoms with Gasteiger partial charge in [0.2, 0.25) is 11.8 Å². The van der Waals surface area contributed by atoms with Gasteiger partial charge in [0.1, 0.15) is 0 Å². The highest BCUT2D eigenvalue weighted by Gasteiger charge is 2.22. The Labute approximate surface area is 275 Å². The maximum Gasteiger partial charge on any atom is 0.321 e. The van der Waals surface area contributed by atoms with Crippen LogP contribution in [0.25, 0.3) is 0 Å². The van der Waals surface area contributed by atoms with E-state index in [-0.39, 0.29) is 17.8 Å². The lowest BCUT2D eigenvalue weighted by molar-refractivity contribution is -0.117. The predicted octanol–water partition coefficient (Wildman–Crippen LogP) is 9.10. The third-order valence-electron chi connectivity index (χ3n) is 9.08. The van der Waals surface area contributed by atoms with Crippen LogP contribution in [0.4, 0.5) is 21.9 Å². The van der Waals surface area contributed by atoms with E-state index in [9.17, 15) is 14.4 Å².